The highest BCUT2D eigenvalue weighted by molar-refractivity contribution is 5.99. The fourth-order valence-corrected chi connectivity index (χ4v) is 3.42. The number of oxazole rings is 1. The van der Waals surface area contributed by atoms with Crippen molar-refractivity contribution in [2.24, 2.45) is 0 Å². The van der Waals surface area contributed by atoms with Crippen molar-refractivity contribution in [1.29, 1.82) is 0 Å². The maximum Gasteiger partial charge on any atom is 0.420 e. The van der Waals surface area contributed by atoms with Gasteiger partial charge < -0.3 is 10.2 Å². The van der Waals surface area contributed by atoms with E-state index in [0.717, 1.165) is 15.7 Å². The molecule has 4 rings (SSSR count). The first-order valence-corrected chi connectivity index (χ1v) is 9.34. The molecule has 30 heavy (non-hydrogen) atoms. The van der Waals surface area contributed by atoms with Gasteiger partial charge in [-0.1, -0.05) is 6.07 Å². The molecule has 1 saturated heterocycles. The van der Waals surface area contributed by atoms with E-state index in [2.05, 4.69) is 10.3 Å². The molecule has 1 fully saturated rings. The van der Waals surface area contributed by atoms with E-state index in [9.17, 15) is 18.8 Å². The van der Waals surface area contributed by atoms with Gasteiger partial charge in [0, 0.05) is 12.0 Å². The summed E-state index contributed by atoms with van der Waals surface area (Å²) in [5, 5.41) is 2.18. The molecule has 1 atom stereocenters. The van der Waals surface area contributed by atoms with Gasteiger partial charge in [-0.05, 0) is 49.6 Å². The summed E-state index contributed by atoms with van der Waals surface area (Å²) in [4.78, 5) is 39.9. The lowest BCUT2D eigenvalue weighted by atomic mass is 10.0. The molecular weight excluding hydrogens is 391 g/mol. The van der Waals surface area contributed by atoms with E-state index in [1.165, 1.54) is 18.3 Å². The van der Waals surface area contributed by atoms with Crippen molar-refractivity contribution in [3.63, 3.8) is 0 Å². The topological polar surface area (TPSA) is 120 Å². The summed E-state index contributed by atoms with van der Waals surface area (Å²) in [5.41, 5.74) is 8.85. The predicted octanol–water partition coefficient (Wildman–Crippen LogP) is 2.49. The number of aryl methyl sites for hydroxylation is 1. The SMILES string of the molecule is Cc1cc(-c2ccc(-c3cn([C@@H]4CCC(=O)NC4=O)c(=O)o3)c(F)c2)nc(N)c1C. The minimum Gasteiger partial charge on any atom is -0.408 e. The van der Waals surface area contributed by atoms with Crippen molar-refractivity contribution < 1.29 is 18.4 Å². The second-order valence-electron chi connectivity index (χ2n) is 7.26. The van der Waals surface area contributed by atoms with Gasteiger partial charge in [-0.15, -0.1) is 0 Å². The van der Waals surface area contributed by atoms with Crippen molar-refractivity contribution in [3.05, 3.63) is 58.0 Å². The molecular formula is C21H19FN4O4. The first kappa shape index (κ1) is 19.6. The first-order chi connectivity index (χ1) is 14.2. The number of hydrogen-bond donors (Lipinski definition) is 2. The first-order valence-electron chi connectivity index (χ1n) is 9.34. The van der Waals surface area contributed by atoms with Crippen LogP contribution in [0.1, 0.15) is 30.0 Å². The van der Waals surface area contributed by atoms with E-state index >= 15 is 0 Å². The maximum atomic E-state index is 14.9. The maximum absolute atomic E-state index is 14.9. The van der Waals surface area contributed by atoms with E-state index < -0.39 is 29.4 Å². The standard InChI is InChI=1S/C21H19FN4O4/c1-10-7-15(24-19(23)11(10)2)12-3-4-13(14(22)8-12)17-9-26(21(29)30-17)16-5-6-18(27)25-20(16)28/h3-4,7-9,16H,5-6H2,1-2H3,(H2,23,24)(H,25,27,28)/t16-/m1/s1. The average Bonchev–Trinajstić information content (AvgIpc) is 3.06. The Kier molecular flexibility index (Phi) is 4.73. The summed E-state index contributed by atoms with van der Waals surface area (Å²) in [6.45, 7) is 3.76. The number of nitrogens with zero attached hydrogens (tertiary/aromatic N) is 2. The van der Waals surface area contributed by atoms with Crippen molar-refractivity contribution in [3.8, 4) is 22.6 Å². The van der Waals surface area contributed by atoms with Crippen LogP contribution in [-0.2, 0) is 9.59 Å². The summed E-state index contributed by atoms with van der Waals surface area (Å²) < 4.78 is 21.1. The van der Waals surface area contributed by atoms with Crippen LogP contribution in [0.4, 0.5) is 10.2 Å². The lowest BCUT2D eigenvalue weighted by Crippen LogP contribution is -2.43. The van der Waals surface area contributed by atoms with Crippen LogP contribution in [0.5, 0.6) is 0 Å². The highest BCUT2D eigenvalue weighted by atomic mass is 19.1. The Morgan fingerprint density at radius 2 is 2.00 bits per heavy atom. The van der Waals surface area contributed by atoms with Gasteiger partial charge in [-0.3, -0.25) is 19.5 Å². The number of anilines is 1. The van der Waals surface area contributed by atoms with Crippen LogP contribution in [0.2, 0.25) is 0 Å². The zero-order chi connectivity index (χ0) is 21.6. The summed E-state index contributed by atoms with van der Waals surface area (Å²) in [6.07, 6.45) is 1.57. The normalized spacial score (nSPS) is 16.6. The van der Waals surface area contributed by atoms with Gasteiger partial charge in [0.25, 0.3) is 0 Å². The molecule has 2 aromatic heterocycles. The monoisotopic (exact) mass is 410 g/mol. The van der Waals surface area contributed by atoms with E-state index in [0.29, 0.717) is 17.1 Å². The van der Waals surface area contributed by atoms with E-state index in [-0.39, 0.29) is 24.2 Å². The second kappa shape index (κ2) is 7.25. The molecule has 2 amide bonds. The molecule has 0 aliphatic carbocycles. The van der Waals surface area contributed by atoms with Crippen molar-refractivity contribution >= 4 is 17.6 Å². The van der Waals surface area contributed by atoms with Crippen molar-refractivity contribution in [1.82, 2.24) is 14.9 Å². The number of piperidine rings is 1. The molecule has 3 aromatic rings. The number of imide groups is 1. The fraction of sp³-hybridized carbons (Fsp3) is 0.238. The third-order valence-corrected chi connectivity index (χ3v) is 5.31. The van der Waals surface area contributed by atoms with Gasteiger partial charge in [0.15, 0.2) is 5.76 Å². The Bertz CT molecular complexity index is 1220. The van der Waals surface area contributed by atoms with Crippen LogP contribution < -0.4 is 16.8 Å². The third-order valence-electron chi connectivity index (χ3n) is 5.31. The van der Waals surface area contributed by atoms with Crippen molar-refractivity contribution in [2.75, 3.05) is 5.73 Å². The highest BCUT2D eigenvalue weighted by Gasteiger charge is 2.30. The molecule has 1 aromatic carbocycles. The number of pyridine rings is 1. The zero-order valence-electron chi connectivity index (χ0n) is 16.4. The van der Waals surface area contributed by atoms with Gasteiger partial charge in [-0.25, -0.2) is 14.2 Å². The number of rotatable bonds is 3. The molecule has 8 nitrogen and oxygen atoms in total. The minimum atomic E-state index is -0.877. The number of nitrogens with two attached hydrogens (primary N) is 1. The highest BCUT2D eigenvalue weighted by Crippen LogP contribution is 2.29. The van der Waals surface area contributed by atoms with Gasteiger partial charge in [0.1, 0.15) is 17.7 Å². The lowest BCUT2D eigenvalue weighted by Gasteiger charge is -2.20. The Morgan fingerprint density at radius 1 is 1.23 bits per heavy atom. The van der Waals surface area contributed by atoms with Crippen LogP contribution in [0.25, 0.3) is 22.6 Å². The average molecular weight is 410 g/mol. The second-order valence-corrected chi connectivity index (χ2v) is 7.26. The lowest BCUT2D eigenvalue weighted by molar-refractivity contribution is -0.135. The third kappa shape index (κ3) is 3.38. The Morgan fingerprint density at radius 3 is 2.67 bits per heavy atom. The number of carbonyl (C=O) groups is 2. The fourth-order valence-electron chi connectivity index (χ4n) is 3.42. The molecule has 154 valence electrons. The summed E-state index contributed by atoms with van der Waals surface area (Å²) >= 11 is 0. The summed E-state index contributed by atoms with van der Waals surface area (Å²) in [5.74, 6) is -2.03. The molecule has 0 unspecified atom stereocenters. The molecule has 0 bridgehead atoms. The number of aromatic nitrogens is 2. The molecule has 0 saturated carbocycles. The van der Waals surface area contributed by atoms with Crippen molar-refractivity contribution in [2.45, 2.75) is 32.7 Å². The number of nitrogen functional groups attached to an aromatic ring is 1. The Balaban J connectivity index is 1.68. The summed E-state index contributed by atoms with van der Waals surface area (Å²) in [6, 6.07) is 5.36. The number of nitrogens with one attached hydrogen (secondary N) is 1. The Labute approximate surface area is 170 Å². The van der Waals surface area contributed by atoms with E-state index in [1.807, 2.05) is 19.9 Å². The molecule has 0 spiro atoms. The van der Waals surface area contributed by atoms with Crippen LogP contribution in [0.15, 0.2) is 39.7 Å². The molecule has 9 heteroatoms. The van der Waals surface area contributed by atoms with E-state index in [4.69, 9.17) is 10.2 Å². The quantitative estimate of drug-likeness (QED) is 0.640. The molecule has 1 aliphatic rings. The predicted molar refractivity (Wildman–Crippen MR) is 107 cm³/mol. The van der Waals surface area contributed by atoms with Gasteiger partial charge in [0.05, 0.1) is 17.5 Å². The van der Waals surface area contributed by atoms with E-state index in [1.54, 1.807) is 6.07 Å². The van der Waals surface area contributed by atoms with Crippen LogP contribution in [0.3, 0.4) is 0 Å². The largest absolute Gasteiger partial charge is 0.420 e. The number of carbonyl (C=O) groups excluding carboxylic acids is 2. The minimum absolute atomic E-state index is 0.0127. The smallest absolute Gasteiger partial charge is 0.408 e. The molecule has 0 radical (unpaired) electrons. The van der Waals surface area contributed by atoms with Gasteiger partial charge in [-0.2, -0.15) is 0 Å². The van der Waals surface area contributed by atoms with Crippen LogP contribution in [0, 0.1) is 19.7 Å². The van der Waals surface area contributed by atoms with Crippen LogP contribution >= 0.6 is 0 Å². The molecule has 3 N–H and O–H groups in total. The molecule has 3 heterocycles. The summed E-state index contributed by atoms with van der Waals surface area (Å²) in [7, 11) is 0. The van der Waals surface area contributed by atoms with Gasteiger partial charge in [0.2, 0.25) is 11.8 Å². The number of amides is 2. The number of benzene rings is 1. The molecule has 1 aliphatic heterocycles. The number of hydrogen-bond acceptors (Lipinski definition) is 6. The Hall–Kier alpha value is -3.75. The van der Waals surface area contributed by atoms with Crippen LogP contribution in [-0.4, -0.2) is 21.4 Å². The zero-order valence-corrected chi connectivity index (χ0v) is 16.4. The van der Waals surface area contributed by atoms with Gasteiger partial charge >= 0.3 is 5.76 Å². The number of halogens is 1.